The Hall–Kier alpha value is -3.11. The second-order valence-electron chi connectivity index (χ2n) is 9.78. The highest BCUT2D eigenvalue weighted by molar-refractivity contribution is 5.68. The summed E-state index contributed by atoms with van der Waals surface area (Å²) in [6, 6.07) is 32.1. The van der Waals surface area contributed by atoms with E-state index in [4.69, 9.17) is 4.74 Å². The maximum absolute atomic E-state index is 12.9. The average Bonchev–Trinajstić information content (AvgIpc) is 2.81. The van der Waals surface area contributed by atoms with Crippen molar-refractivity contribution in [3.63, 3.8) is 0 Å². The van der Waals surface area contributed by atoms with Crippen molar-refractivity contribution in [1.82, 2.24) is 9.80 Å². The molecule has 1 fully saturated rings. The van der Waals surface area contributed by atoms with Gasteiger partial charge in [-0.05, 0) is 44.4 Å². The van der Waals surface area contributed by atoms with Gasteiger partial charge in [0.2, 0.25) is 0 Å². The quantitative estimate of drug-likeness (QED) is 0.470. The summed E-state index contributed by atoms with van der Waals surface area (Å²) >= 11 is 0. The van der Waals surface area contributed by atoms with E-state index < -0.39 is 11.1 Å². The number of hydrogen-bond donors (Lipinski definition) is 0. The summed E-state index contributed by atoms with van der Waals surface area (Å²) in [5, 5.41) is 0. The molecule has 0 saturated carbocycles. The van der Waals surface area contributed by atoms with Gasteiger partial charge in [-0.1, -0.05) is 91.0 Å². The van der Waals surface area contributed by atoms with Crippen LogP contribution in [0.2, 0.25) is 0 Å². The highest BCUT2D eigenvalue weighted by Crippen LogP contribution is 2.43. The molecule has 1 aliphatic heterocycles. The molecule has 1 atom stereocenters. The zero-order valence-electron chi connectivity index (χ0n) is 20.1. The molecule has 1 heterocycles. The van der Waals surface area contributed by atoms with Crippen molar-refractivity contribution in [3.05, 3.63) is 108 Å². The van der Waals surface area contributed by atoms with Crippen molar-refractivity contribution in [2.75, 3.05) is 19.6 Å². The van der Waals surface area contributed by atoms with E-state index in [1.807, 2.05) is 25.7 Å². The van der Waals surface area contributed by atoms with E-state index in [-0.39, 0.29) is 12.1 Å². The number of amides is 1. The lowest BCUT2D eigenvalue weighted by atomic mass is 9.75. The van der Waals surface area contributed by atoms with Gasteiger partial charge in [0.15, 0.2) is 0 Å². The van der Waals surface area contributed by atoms with E-state index in [1.54, 1.807) is 0 Å². The van der Waals surface area contributed by atoms with Crippen LogP contribution in [-0.4, -0.2) is 47.2 Å². The minimum absolute atomic E-state index is 0.0177. The Bertz CT molecular complexity index is 949. The van der Waals surface area contributed by atoms with Gasteiger partial charge in [0.1, 0.15) is 5.60 Å². The molecule has 4 heteroatoms. The first-order chi connectivity index (χ1) is 15.8. The van der Waals surface area contributed by atoms with Gasteiger partial charge in [-0.2, -0.15) is 0 Å². The number of ether oxygens (including phenoxy) is 1. The second kappa shape index (κ2) is 9.40. The Morgan fingerprint density at radius 3 is 1.55 bits per heavy atom. The Balaban J connectivity index is 1.79. The zero-order chi connectivity index (χ0) is 23.5. The van der Waals surface area contributed by atoms with Crippen molar-refractivity contribution in [1.29, 1.82) is 0 Å². The molecule has 0 unspecified atom stereocenters. The smallest absolute Gasteiger partial charge is 0.410 e. The first-order valence-corrected chi connectivity index (χ1v) is 11.7. The summed E-state index contributed by atoms with van der Waals surface area (Å²) in [7, 11) is 0. The fourth-order valence-corrected chi connectivity index (χ4v) is 4.94. The summed E-state index contributed by atoms with van der Waals surface area (Å²) in [6.07, 6.45) is -0.237. The topological polar surface area (TPSA) is 32.8 Å². The van der Waals surface area contributed by atoms with Crippen LogP contribution in [0.25, 0.3) is 0 Å². The number of carbonyl (C=O) groups is 1. The predicted molar refractivity (Wildman–Crippen MR) is 133 cm³/mol. The third-order valence-electron chi connectivity index (χ3n) is 6.30. The Kier molecular flexibility index (Phi) is 6.57. The van der Waals surface area contributed by atoms with Crippen molar-refractivity contribution in [2.45, 2.75) is 44.9 Å². The van der Waals surface area contributed by atoms with E-state index in [1.165, 1.54) is 16.7 Å². The maximum atomic E-state index is 12.9. The summed E-state index contributed by atoms with van der Waals surface area (Å²) in [5.74, 6) is 0. The van der Waals surface area contributed by atoms with E-state index in [9.17, 15) is 4.79 Å². The molecule has 33 heavy (non-hydrogen) atoms. The normalized spacial score (nSPS) is 17.6. The third kappa shape index (κ3) is 4.67. The van der Waals surface area contributed by atoms with Crippen LogP contribution in [-0.2, 0) is 10.3 Å². The summed E-state index contributed by atoms with van der Waals surface area (Å²) in [5.41, 5.74) is 2.70. The molecule has 0 radical (unpaired) electrons. The van der Waals surface area contributed by atoms with Crippen LogP contribution in [0.4, 0.5) is 4.79 Å². The van der Waals surface area contributed by atoms with Gasteiger partial charge in [-0.3, -0.25) is 4.90 Å². The fourth-order valence-electron chi connectivity index (χ4n) is 4.94. The summed E-state index contributed by atoms with van der Waals surface area (Å²) in [6.45, 7) is 9.94. The maximum Gasteiger partial charge on any atom is 0.410 e. The van der Waals surface area contributed by atoms with Crippen molar-refractivity contribution >= 4 is 6.09 Å². The van der Waals surface area contributed by atoms with Gasteiger partial charge >= 0.3 is 6.09 Å². The fraction of sp³-hybridized carbons (Fsp3) is 0.345. The van der Waals surface area contributed by atoms with Gasteiger partial charge in [0.25, 0.3) is 0 Å². The molecule has 0 aromatic heterocycles. The SMILES string of the molecule is C[C@H]1CN(C(c2ccccc2)(c2ccccc2)c2ccccc2)CCN1C(=O)OC(C)(C)C. The van der Waals surface area contributed by atoms with Crippen LogP contribution in [0.5, 0.6) is 0 Å². The molecule has 4 rings (SSSR count). The van der Waals surface area contributed by atoms with Gasteiger partial charge in [0.05, 0.1) is 5.54 Å². The lowest BCUT2D eigenvalue weighted by molar-refractivity contribution is -0.00963. The standard InChI is InChI=1S/C29H34N2O2/c1-23-22-30(20-21-31(23)27(32)33-28(2,3)4)29(24-14-8-5-9-15-24,25-16-10-6-11-17-25)26-18-12-7-13-19-26/h5-19,23H,20-22H2,1-4H3/t23-/m0/s1. The highest BCUT2D eigenvalue weighted by Gasteiger charge is 2.45. The molecule has 1 saturated heterocycles. The first-order valence-electron chi connectivity index (χ1n) is 11.7. The molecule has 3 aromatic rings. The van der Waals surface area contributed by atoms with Gasteiger partial charge in [-0.15, -0.1) is 0 Å². The molecule has 0 aliphatic carbocycles. The third-order valence-corrected chi connectivity index (χ3v) is 6.30. The monoisotopic (exact) mass is 442 g/mol. The molecular formula is C29H34N2O2. The molecule has 0 N–H and O–H groups in total. The molecule has 172 valence electrons. The van der Waals surface area contributed by atoms with Crippen LogP contribution >= 0.6 is 0 Å². The minimum atomic E-state index is -0.504. The predicted octanol–water partition coefficient (Wildman–Crippen LogP) is 5.92. The molecule has 4 nitrogen and oxygen atoms in total. The van der Waals surface area contributed by atoms with Gasteiger partial charge in [0, 0.05) is 25.7 Å². The summed E-state index contributed by atoms with van der Waals surface area (Å²) < 4.78 is 5.69. The second-order valence-corrected chi connectivity index (χ2v) is 9.78. The molecule has 1 aliphatic rings. The minimum Gasteiger partial charge on any atom is -0.444 e. The number of rotatable bonds is 4. The van der Waals surface area contributed by atoms with Gasteiger partial charge in [-0.25, -0.2) is 4.79 Å². The number of piperazine rings is 1. The lowest BCUT2D eigenvalue weighted by Crippen LogP contribution is -2.61. The number of carbonyl (C=O) groups excluding carboxylic acids is 1. The highest BCUT2D eigenvalue weighted by atomic mass is 16.6. The van der Waals surface area contributed by atoms with E-state index in [2.05, 4.69) is 103 Å². The molecular weight excluding hydrogens is 408 g/mol. The molecule has 0 bridgehead atoms. The van der Waals surface area contributed by atoms with Gasteiger partial charge < -0.3 is 9.64 Å². The Morgan fingerprint density at radius 2 is 1.18 bits per heavy atom. The van der Waals surface area contributed by atoms with Crippen LogP contribution in [0.15, 0.2) is 91.0 Å². The number of benzene rings is 3. The van der Waals surface area contributed by atoms with E-state index in [0.717, 1.165) is 13.1 Å². The zero-order valence-corrected chi connectivity index (χ0v) is 20.1. The number of nitrogens with zero attached hydrogens (tertiary/aromatic N) is 2. The van der Waals surface area contributed by atoms with Crippen molar-refractivity contribution in [2.24, 2.45) is 0 Å². The van der Waals surface area contributed by atoms with Crippen LogP contribution in [0, 0.1) is 0 Å². The van der Waals surface area contributed by atoms with Crippen LogP contribution in [0.1, 0.15) is 44.4 Å². The van der Waals surface area contributed by atoms with Crippen molar-refractivity contribution < 1.29 is 9.53 Å². The van der Waals surface area contributed by atoms with Crippen LogP contribution in [0.3, 0.4) is 0 Å². The average molecular weight is 443 g/mol. The molecule has 3 aromatic carbocycles. The molecule has 0 spiro atoms. The van der Waals surface area contributed by atoms with Crippen LogP contribution < -0.4 is 0 Å². The number of hydrogen-bond acceptors (Lipinski definition) is 3. The van der Waals surface area contributed by atoms with E-state index in [0.29, 0.717) is 6.54 Å². The first kappa shape index (κ1) is 23.1. The largest absolute Gasteiger partial charge is 0.444 e. The van der Waals surface area contributed by atoms with E-state index >= 15 is 0 Å². The Labute approximate surface area is 197 Å². The lowest BCUT2D eigenvalue weighted by Gasteiger charge is -2.51. The Morgan fingerprint density at radius 1 is 0.758 bits per heavy atom. The summed E-state index contributed by atoms with van der Waals surface area (Å²) in [4.78, 5) is 17.3. The molecule has 1 amide bonds. The van der Waals surface area contributed by atoms with Crippen molar-refractivity contribution in [3.8, 4) is 0 Å².